The lowest BCUT2D eigenvalue weighted by Gasteiger charge is -2.18. The molecule has 4 rings (SSSR count). The highest BCUT2D eigenvalue weighted by Crippen LogP contribution is 2.34. The van der Waals surface area contributed by atoms with Gasteiger partial charge >= 0.3 is 0 Å². The molecule has 3 heterocycles. The van der Waals surface area contributed by atoms with Crippen LogP contribution in [0.25, 0.3) is 0 Å². The van der Waals surface area contributed by atoms with Crippen LogP contribution in [0.3, 0.4) is 0 Å². The number of hydrogen-bond acceptors (Lipinski definition) is 5. The second kappa shape index (κ2) is 5.55. The van der Waals surface area contributed by atoms with E-state index in [0.717, 1.165) is 24.4 Å². The first-order valence-corrected chi connectivity index (χ1v) is 7.51. The first-order chi connectivity index (χ1) is 10.8. The summed E-state index contributed by atoms with van der Waals surface area (Å²) in [7, 11) is 0. The van der Waals surface area contributed by atoms with Crippen molar-refractivity contribution in [1.82, 2.24) is 9.66 Å². The molecular formula is C16H18N4O2. The van der Waals surface area contributed by atoms with E-state index in [-0.39, 0.29) is 12.2 Å². The van der Waals surface area contributed by atoms with Gasteiger partial charge in [0.05, 0.1) is 31.2 Å². The van der Waals surface area contributed by atoms with E-state index >= 15 is 0 Å². The van der Waals surface area contributed by atoms with E-state index in [1.54, 1.807) is 10.9 Å². The Morgan fingerprint density at radius 3 is 2.91 bits per heavy atom. The van der Waals surface area contributed by atoms with Crippen molar-refractivity contribution in [3.05, 3.63) is 53.6 Å². The minimum atomic E-state index is 0.0309. The average Bonchev–Trinajstić information content (AvgIpc) is 3.12. The Bertz CT molecular complexity index is 695. The molecule has 0 radical (unpaired) electrons. The molecule has 0 aliphatic carbocycles. The van der Waals surface area contributed by atoms with Gasteiger partial charge in [-0.1, -0.05) is 30.3 Å². The lowest BCUT2D eigenvalue weighted by molar-refractivity contribution is -0.0225. The smallest absolute Gasteiger partial charge is 0.198 e. The number of nitrogens with zero attached hydrogens (tertiary/aromatic N) is 3. The number of ether oxygens (including phenoxy) is 2. The molecule has 1 saturated heterocycles. The Morgan fingerprint density at radius 1 is 1.27 bits per heavy atom. The molecule has 114 valence electrons. The van der Waals surface area contributed by atoms with Gasteiger partial charge in [-0.15, -0.1) is 5.10 Å². The van der Waals surface area contributed by atoms with E-state index < -0.39 is 0 Å². The zero-order valence-electron chi connectivity index (χ0n) is 12.2. The number of amidine groups is 1. The summed E-state index contributed by atoms with van der Waals surface area (Å²) in [6.07, 6.45) is 3.90. The molecule has 1 aromatic heterocycles. The fourth-order valence-electron chi connectivity index (χ4n) is 2.89. The average molecular weight is 298 g/mol. The minimum Gasteiger partial charge on any atom is -0.379 e. The van der Waals surface area contributed by atoms with E-state index in [0.29, 0.717) is 19.0 Å². The molecule has 2 aromatic rings. The summed E-state index contributed by atoms with van der Waals surface area (Å²) >= 11 is 0. The fourth-order valence-corrected chi connectivity index (χ4v) is 2.89. The Labute approximate surface area is 128 Å². The van der Waals surface area contributed by atoms with Gasteiger partial charge in [0.1, 0.15) is 6.10 Å². The van der Waals surface area contributed by atoms with E-state index in [4.69, 9.17) is 15.2 Å². The molecule has 2 aliphatic heterocycles. The summed E-state index contributed by atoms with van der Waals surface area (Å²) in [6, 6.07) is 10.2. The fraction of sp³-hybridized carbons (Fsp3) is 0.375. The van der Waals surface area contributed by atoms with Crippen LogP contribution in [-0.4, -0.2) is 28.2 Å². The van der Waals surface area contributed by atoms with Gasteiger partial charge in [-0.2, -0.15) is 0 Å². The van der Waals surface area contributed by atoms with Crippen LogP contribution < -0.4 is 5.73 Å². The molecule has 2 aliphatic rings. The third-order valence-electron chi connectivity index (χ3n) is 4.05. The molecule has 1 aromatic carbocycles. The SMILES string of the molecule is NC1=Nn2c([C@H]3CC[C@@H](COCc4ccccc4)O3)cnc21. The van der Waals surface area contributed by atoms with Gasteiger partial charge in [0.25, 0.3) is 0 Å². The van der Waals surface area contributed by atoms with Crippen molar-refractivity contribution < 1.29 is 9.47 Å². The van der Waals surface area contributed by atoms with Gasteiger partial charge in [-0.3, -0.25) is 0 Å². The molecule has 0 unspecified atom stereocenters. The predicted octanol–water partition coefficient (Wildman–Crippen LogP) is 1.80. The molecular weight excluding hydrogens is 280 g/mol. The quantitative estimate of drug-likeness (QED) is 0.913. The number of imidazole rings is 1. The summed E-state index contributed by atoms with van der Waals surface area (Å²) < 4.78 is 13.6. The summed E-state index contributed by atoms with van der Waals surface area (Å²) in [5.74, 6) is 1.23. The van der Waals surface area contributed by atoms with Gasteiger partial charge in [0.15, 0.2) is 11.7 Å². The summed E-state index contributed by atoms with van der Waals surface area (Å²) in [4.78, 5) is 4.25. The highest BCUT2D eigenvalue weighted by Gasteiger charge is 2.32. The van der Waals surface area contributed by atoms with E-state index in [1.165, 1.54) is 5.56 Å². The topological polar surface area (TPSA) is 74.7 Å². The van der Waals surface area contributed by atoms with Crippen LogP contribution in [0.5, 0.6) is 0 Å². The van der Waals surface area contributed by atoms with Gasteiger partial charge in [0.2, 0.25) is 0 Å². The first kappa shape index (κ1) is 13.5. The zero-order chi connectivity index (χ0) is 14.9. The van der Waals surface area contributed by atoms with Crippen molar-refractivity contribution in [1.29, 1.82) is 0 Å². The van der Waals surface area contributed by atoms with Gasteiger partial charge < -0.3 is 15.2 Å². The van der Waals surface area contributed by atoms with E-state index in [1.807, 2.05) is 18.2 Å². The predicted molar refractivity (Wildman–Crippen MR) is 81.3 cm³/mol. The number of rotatable bonds is 5. The second-order valence-electron chi connectivity index (χ2n) is 5.63. The molecule has 0 amide bonds. The summed E-state index contributed by atoms with van der Waals surface area (Å²) in [5.41, 5.74) is 7.82. The van der Waals surface area contributed by atoms with Crippen LogP contribution in [0, 0.1) is 0 Å². The highest BCUT2D eigenvalue weighted by atomic mass is 16.5. The van der Waals surface area contributed by atoms with Gasteiger partial charge in [0, 0.05) is 0 Å². The Morgan fingerprint density at radius 2 is 2.14 bits per heavy atom. The standard InChI is InChI=1S/C16H18N4O2/c17-15-16-18-8-13(20(16)19-15)14-7-6-12(22-14)10-21-9-11-4-2-1-3-5-11/h1-5,8,12,14H,6-7,9-10H2,(H2,17,19)/t12-,14+/m0/s1. The number of hydrogen-bond donors (Lipinski definition) is 1. The zero-order valence-corrected chi connectivity index (χ0v) is 12.2. The lowest BCUT2D eigenvalue weighted by Crippen LogP contribution is -2.29. The monoisotopic (exact) mass is 298 g/mol. The van der Waals surface area contributed by atoms with Crippen LogP contribution in [0.2, 0.25) is 0 Å². The van der Waals surface area contributed by atoms with Crippen molar-refractivity contribution in [3.8, 4) is 0 Å². The molecule has 22 heavy (non-hydrogen) atoms. The van der Waals surface area contributed by atoms with Crippen LogP contribution in [0.1, 0.15) is 36.0 Å². The third kappa shape index (κ3) is 2.40. The van der Waals surface area contributed by atoms with Crippen LogP contribution in [0.4, 0.5) is 0 Å². The second-order valence-corrected chi connectivity index (χ2v) is 5.63. The summed E-state index contributed by atoms with van der Waals surface area (Å²) in [5, 5.41) is 4.15. The van der Waals surface area contributed by atoms with Crippen molar-refractivity contribution in [2.75, 3.05) is 6.61 Å². The largest absolute Gasteiger partial charge is 0.379 e. The van der Waals surface area contributed by atoms with Crippen LogP contribution >= 0.6 is 0 Å². The van der Waals surface area contributed by atoms with Crippen molar-refractivity contribution >= 4 is 5.84 Å². The Kier molecular flexibility index (Phi) is 3.40. The number of nitrogens with two attached hydrogens (primary N) is 1. The van der Waals surface area contributed by atoms with Crippen LogP contribution in [0.15, 0.2) is 41.6 Å². The maximum absolute atomic E-state index is 6.05. The molecule has 0 bridgehead atoms. The molecule has 2 atom stereocenters. The van der Waals surface area contributed by atoms with Crippen molar-refractivity contribution in [2.45, 2.75) is 31.7 Å². The number of benzene rings is 1. The number of aromatic nitrogens is 2. The molecule has 6 heteroatoms. The third-order valence-corrected chi connectivity index (χ3v) is 4.05. The highest BCUT2D eigenvalue weighted by molar-refractivity contribution is 5.98. The van der Waals surface area contributed by atoms with Gasteiger partial charge in [-0.05, 0) is 18.4 Å². The molecule has 1 fully saturated rings. The molecule has 0 spiro atoms. The van der Waals surface area contributed by atoms with Gasteiger partial charge in [-0.25, -0.2) is 9.66 Å². The maximum atomic E-state index is 6.05. The molecule has 6 nitrogen and oxygen atoms in total. The molecule has 2 N–H and O–H groups in total. The maximum Gasteiger partial charge on any atom is 0.198 e. The lowest BCUT2D eigenvalue weighted by atomic mass is 10.1. The summed E-state index contributed by atoms with van der Waals surface area (Å²) in [6.45, 7) is 1.23. The minimum absolute atomic E-state index is 0.0309. The van der Waals surface area contributed by atoms with Crippen molar-refractivity contribution in [3.63, 3.8) is 0 Å². The number of fused-ring (bicyclic) bond motifs is 1. The van der Waals surface area contributed by atoms with Crippen molar-refractivity contribution in [2.24, 2.45) is 10.8 Å². The van der Waals surface area contributed by atoms with E-state index in [9.17, 15) is 0 Å². The Balaban J connectivity index is 1.29. The Hall–Kier alpha value is -2.18. The first-order valence-electron chi connectivity index (χ1n) is 7.51. The normalized spacial score (nSPS) is 23.0. The molecule has 0 saturated carbocycles. The van der Waals surface area contributed by atoms with Crippen LogP contribution in [-0.2, 0) is 16.1 Å². The van der Waals surface area contributed by atoms with E-state index in [2.05, 4.69) is 22.2 Å².